The molecule has 4 rings (SSSR count). The fraction of sp³-hybridized carbons (Fsp3) is 0.0909. The molecule has 27 heavy (non-hydrogen) atoms. The van der Waals surface area contributed by atoms with Gasteiger partial charge in [-0.1, -0.05) is 36.4 Å². The van der Waals surface area contributed by atoms with Crippen LogP contribution in [0.2, 0.25) is 0 Å². The van der Waals surface area contributed by atoms with Crippen molar-refractivity contribution in [1.82, 2.24) is 15.2 Å². The van der Waals surface area contributed by atoms with E-state index in [2.05, 4.69) is 45.6 Å². The summed E-state index contributed by atoms with van der Waals surface area (Å²) in [4.78, 5) is 4.06. The normalized spacial score (nSPS) is 11.7. The predicted octanol–water partition coefficient (Wildman–Crippen LogP) is 4.74. The number of fused-ring (bicyclic) bond motifs is 1. The van der Waals surface area contributed by atoms with E-state index in [1.54, 1.807) is 12.4 Å². The van der Waals surface area contributed by atoms with Crippen LogP contribution in [0.5, 0.6) is 0 Å². The van der Waals surface area contributed by atoms with Crippen LogP contribution in [-0.2, 0) is 0 Å². The number of aromatic nitrogens is 3. The van der Waals surface area contributed by atoms with Gasteiger partial charge in [0, 0.05) is 23.8 Å². The Balaban J connectivity index is 1.78. The molecule has 0 radical (unpaired) electrons. The maximum Gasteiger partial charge on any atom is 0.186 e. The number of pyridine rings is 1. The van der Waals surface area contributed by atoms with Crippen LogP contribution >= 0.6 is 0 Å². The molecule has 4 aromatic rings. The van der Waals surface area contributed by atoms with Gasteiger partial charge in [-0.05, 0) is 47.9 Å². The Kier molecular flexibility index (Phi) is 4.46. The van der Waals surface area contributed by atoms with Crippen molar-refractivity contribution in [3.8, 4) is 17.2 Å². The maximum absolute atomic E-state index is 9.49. The Morgan fingerprint density at radius 3 is 2.44 bits per heavy atom. The Bertz CT molecular complexity index is 1120. The molecule has 1 N–H and O–H groups in total. The number of nitriles is 1. The van der Waals surface area contributed by atoms with Gasteiger partial charge in [-0.25, -0.2) is 0 Å². The molecule has 0 saturated carbocycles. The van der Waals surface area contributed by atoms with Crippen molar-refractivity contribution in [1.29, 1.82) is 5.26 Å². The van der Waals surface area contributed by atoms with Crippen LogP contribution in [0.15, 0.2) is 73.1 Å². The molecule has 0 amide bonds. The van der Waals surface area contributed by atoms with Gasteiger partial charge in [0.1, 0.15) is 6.07 Å². The summed E-state index contributed by atoms with van der Waals surface area (Å²) in [5, 5.41) is 22.2. The van der Waals surface area contributed by atoms with Crippen molar-refractivity contribution in [2.24, 2.45) is 0 Å². The summed E-state index contributed by atoms with van der Waals surface area (Å²) in [7, 11) is 0. The molecule has 0 spiro atoms. The molecule has 0 saturated heterocycles. The first-order chi connectivity index (χ1) is 13.3. The molecule has 0 aliphatic heterocycles. The van der Waals surface area contributed by atoms with Crippen molar-refractivity contribution >= 4 is 16.6 Å². The minimum absolute atomic E-state index is 0.0329. The minimum atomic E-state index is 0.0329. The van der Waals surface area contributed by atoms with Crippen molar-refractivity contribution in [2.75, 3.05) is 5.32 Å². The van der Waals surface area contributed by atoms with Crippen LogP contribution in [0.4, 0.5) is 5.69 Å². The van der Waals surface area contributed by atoms with E-state index in [4.69, 9.17) is 0 Å². The molecular formula is C22H17N5. The van der Waals surface area contributed by atoms with Gasteiger partial charge in [0.15, 0.2) is 5.69 Å². The first-order valence-electron chi connectivity index (χ1n) is 8.68. The third-order valence-corrected chi connectivity index (χ3v) is 4.54. The Morgan fingerprint density at radius 1 is 0.926 bits per heavy atom. The van der Waals surface area contributed by atoms with Crippen LogP contribution in [0.3, 0.4) is 0 Å². The summed E-state index contributed by atoms with van der Waals surface area (Å²) in [6.07, 6.45) is 3.52. The largest absolute Gasteiger partial charge is 0.376 e. The Morgan fingerprint density at radius 2 is 1.70 bits per heavy atom. The second-order valence-corrected chi connectivity index (χ2v) is 6.28. The van der Waals surface area contributed by atoms with Gasteiger partial charge in [-0.15, -0.1) is 10.2 Å². The van der Waals surface area contributed by atoms with Crippen molar-refractivity contribution < 1.29 is 0 Å². The second kappa shape index (κ2) is 7.22. The summed E-state index contributed by atoms with van der Waals surface area (Å²) in [6.45, 7) is 2.06. The van der Waals surface area contributed by atoms with Gasteiger partial charge in [0.25, 0.3) is 0 Å². The lowest BCUT2D eigenvalue weighted by atomic mass is 10.0. The van der Waals surface area contributed by atoms with E-state index in [1.807, 2.05) is 48.5 Å². The van der Waals surface area contributed by atoms with Crippen LogP contribution in [0.1, 0.15) is 24.2 Å². The summed E-state index contributed by atoms with van der Waals surface area (Å²) in [5.41, 5.74) is 4.98. The van der Waals surface area contributed by atoms with Gasteiger partial charge in [0.2, 0.25) is 0 Å². The van der Waals surface area contributed by atoms with Gasteiger partial charge in [-0.2, -0.15) is 5.26 Å². The smallest absolute Gasteiger partial charge is 0.186 e. The first kappa shape index (κ1) is 16.7. The highest BCUT2D eigenvalue weighted by molar-refractivity contribution is 5.95. The zero-order valence-electron chi connectivity index (χ0n) is 14.8. The van der Waals surface area contributed by atoms with E-state index in [0.29, 0.717) is 11.4 Å². The standard InChI is InChI=1S/C22H17N5/c1-15(16-5-3-2-4-6-16)25-22-19-8-7-18(17-9-11-24-12-10-17)13-20(19)26-27-21(22)14-23/h2-13,15H,1H3,(H,25,26)/t15-/m1/s1. The molecule has 0 unspecified atom stereocenters. The molecular weight excluding hydrogens is 334 g/mol. The number of benzene rings is 2. The molecule has 130 valence electrons. The number of hydrogen-bond acceptors (Lipinski definition) is 5. The summed E-state index contributed by atoms with van der Waals surface area (Å²) >= 11 is 0. The third kappa shape index (κ3) is 3.33. The highest BCUT2D eigenvalue weighted by atomic mass is 15.1. The van der Waals surface area contributed by atoms with Gasteiger partial charge in [-0.3, -0.25) is 4.98 Å². The quantitative estimate of drug-likeness (QED) is 0.575. The molecule has 2 aromatic carbocycles. The van der Waals surface area contributed by atoms with Gasteiger partial charge >= 0.3 is 0 Å². The van der Waals surface area contributed by atoms with Gasteiger partial charge < -0.3 is 5.32 Å². The SMILES string of the molecule is C[C@@H](Nc1c(C#N)nnc2cc(-c3ccncc3)ccc12)c1ccccc1. The molecule has 5 heteroatoms. The van der Waals surface area contributed by atoms with Crippen molar-refractivity contribution in [3.05, 3.63) is 84.3 Å². The minimum Gasteiger partial charge on any atom is -0.376 e. The number of anilines is 1. The van der Waals surface area contributed by atoms with Crippen LogP contribution < -0.4 is 5.32 Å². The summed E-state index contributed by atoms with van der Waals surface area (Å²) in [5.74, 6) is 0. The van der Waals surface area contributed by atoms with Crippen LogP contribution in [-0.4, -0.2) is 15.2 Å². The monoisotopic (exact) mass is 351 g/mol. The zero-order valence-corrected chi connectivity index (χ0v) is 14.8. The molecule has 0 aliphatic rings. The second-order valence-electron chi connectivity index (χ2n) is 6.28. The van der Waals surface area contributed by atoms with Crippen molar-refractivity contribution in [2.45, 2.75) is 13.0 Å². The summed E-state index contributed by atoms with van der Waals surface area (Å²) in [6, 6.07) is 22.2. The molecule has 1 atom stereocenters. The third-order valence-electron chi connectivity index (χ3n) is 4.54. The maximum atomic E-state index is 9.49. The van der Waals surface area contributed by atoms with Gasteiger partial charge in [0.05, 0.1) is 11.2 Å². The fourth-order valence-electron chi connectivity index (χ4n) is 3.10. The van der Waals surface area contributed by atoms with E-state index in [0.717, 1.165) is 27.6 Å². The summed E-state index contributed by atoms with van der Waals surface area (Å²) < 4.78 is 0. The van der Waals surface area contributed by atoms with E-state index < -0.39 is 0 Å². The molecule has 2 aromatic heterocycles. The lowest BCUT2D eigenvalue weighted by Crippen LogP contribution is -2.09. The number of nitrogens with zero attached hydrogens (tertiary/aromatic N) is 4. The topological polar surface area (TPSA) is 74.5 Å². The molecule has 0 bridgehead atoms. The highest BCUT2D eigenvalue weighted by Crippen LogP contribution is 2.31. The first-order valence-corrected chi connectivity index (χ1v) is 8.68. The average Bonchev–Trinajstić information content (AvgIpc) is 2.74. The molecule has 0 aliphatic carbocycles. The number of hydrogen-bond donors (Lipinski definition) is 1. The van der Waals surface area contributed by atoms with Crippen LogP contribution in [0.25, 0.3) is 22.0 Å². The average molecular weight is 351 g/mol. The Labute approximate surface area is 157 Å². The van der Waals surface area contributed by atoms with E-state index in [1.165, 1.54) is 0 Å². The molecule has 2 heterocycles. The van der Waals surface area contributed by atoms with E-state index in [9.17, 15) is 5.26 Å². The zero-order chi connectivity index (χ0) is 18.6. The van der Waals surface area contributed by atoms with E-state index in [-0.39, 0.29) is 6.04 Å². The van der Waals surface area contributed by atoms with Crippen molar-refractivity contribution in [3.63, 3.8) is 0 Å². The predicted molar refractivity (Wildman–Crippen MR) is 106 cm³/mol. The van der Waals surface area contributed by atoms with Crippen LogP contribution in [0, 0.1) is 11.3 Å². The Hall–Kier alpha value is -3.78. The highest BCUT2D eigenvalue weighted by Gasteiger charge is 2.14. The van der Waals surface area contributed by atoms with E-state index >= 15 is 0 Å². The lowest BCUT2D eigenvalue weighted by molar-refractivity contribution is 0.880. The molecule has 5 nitrogen and oxygen atoms in total. The lowest BCUT2D eigenvalue weighted by Gasteiger charge is -2.18. The fourth-order valence-corrected chi connectivity index (χ4v) is 3.10. The molecule has 0 fully saturated rings. The number of nitrogens with one attached hydrogen (secondary N) is 1. The number of rotatable bonds is 4.